The first-order valence-electron chi connectivity index (χ1n) is 12.8. The zero-order valence-electron chi connectivity index (χ0n) is 22.4. The molecule has 0 bridgehead atoms. The van der Waals surface area contributed by atoms with Crippen LogP contribution in [0.1, 0.15) is 29.2 Å². The van der Waals surface area contributed by atoms with Crippen LogP contribution >= 0.6 is 0 Å². The van der Waals surface area contributed by atoms with Crippen molar-refractivity contribution >= 4 is 23.2 Å². The van der Waals surface area contributed by atoms with Gasteiger partial charge in [-0.2, -0.15) is 5.10 Å². The fraction of sp³-hybridized carbons (Fsp3) is 0.300. The summed E-state index contributed by atoms with van der Waals surface area (Å²) in [5, 5.41) is 4.49. The number of methoxy groups -OCH3 is 2. The third kappa shape index (κ3) is 6.27. The molecule has 9 heteroatoms. The van der Waals surface area contributed by atoms with Crippen molar-refractivity contribution in [1.29, 1.82) is 0 Å². The number of carbonyl (C=O) groups excluding carboxylic acids is 1. The summed E-state index contributed by atoms with van der Waals surface area (Å²) in [4.78, 5) is 19.9. The van der Waals surface area contributed by atoms with Crippen LogP contribution in [-0.2, 0) is 27.4 Å². The number of fused-ring (bicyclic) bond motifs is 1. The third-order valence-corrected chi connectivity index (χ3v) is 6.55. The lowest BCUT2D eigenvalue weighted by atomic mass is 10.0. The molecule has 0 saturated heterocycles. The fourth-order valence-electron chi connectivity index (χ4n) is 4.48. The smallest absolute Gasteiger partial charge is 0.231 e. The maximum absolute atomic E-state index is 13.7. The predicted octanol–water partition coefficient (Wildman–Crippen LogP) is 5.00. The Hall–Kier alpha value is -4.21. The van der Waals surface area contributed by atoms with Gasteiger partial charge < -0.3 is 23.5 Å². The number of hydrogen-bond acceptors (Lipinski definition) is 7. The first-order valence-corrected chi connectivity index (χ1v) is 12.8. The number of aromatic nitrogens is 3. The van der Waals surface area contributed by atoms with Crippen LogP contribution < -0.4 is 9.64 Å². The Kier molecular flexibility index (Phi) is 8.19. The lowest BCUT2D eigenvalue weighted by molar-refractivity contribution is -0.117. The lowest BCUT2D eigenvalue weighted by Gasteiger charge is -2.24. The fourth-order valence-corrected chi connectivity index (χ4v) is 4.48. The predicted molar refractivity (Wildman–Crippen MR) is 148 cm³/mol. The second-order valence-corrected chi connectivity index (χ2v) is 9.32. The molecule has 0 atom stereocenters. The van der Waals surface area contributed by atoms with Gasteiger partial charge in [0.05, 0.1) is 64.5 Å². The van der Waals surface area contributed by atoms with Crippen LogP contribution in [0.4, 0.5) is 5.69 Å². The van der Waals surface area contributed by atoms with E-state index in [0.717, 1.165) is 39.3 Å². The zero-order chi connectivity index (χ0) is 27.2. The minimum absolute atomic E-state index is 0.0345. The summed E-state index contributed by atoms with van der Waals surface area (Å²) in [6.07, 6.45) is 7.67. The number of carbonyl (C=O) groups is 1. The Balaban J connectivity index is 1.46. The van der Waals surface area contributed by atoms with Gasteiger partial charge in [0, 0.05) is 24.4 Å². The van der Waals surface area contributed by atoms with Gasteiger partial charge in [-0.3, -0.25) is 9.48 Å². The standard InChI is InChI=1S/C30H32N4O5/c1-21-17-31-30(39-21)25-14-24-7-6-23(26-18-32-33(20-26)10-11-38-13-12-36-2)15-28(24)34(29(35)16-25)19-22-4-8-27(37-3)9-5-22/h4-9,14-15,17-18,20H,10-13,16,19H2,1-3H3. The molecule has 2 aromatic carbocycles. The van der Waals surface area contributed by atoms with Crippen LogP contribution in [0.3, 0.4) is 0 Å². The quantitative estimate of drug-likeness (QED) is 0.253. The summed E-state index contributed by atoms with van der Waals surface area (Å²) in [6.45, 7) is 4.57. The minimum Gasteiger partial charge on any atom is -0.497 e. The summed E-state index contributed by atoms with van der Waals surface area (Å²) >= 11 is 0. The number of anilines is 1. The SMILES string of the molecule is COCCOCCn1cc(-c2ccc3c(c2)N(Cc2ccc(OC)cc2)C(=O)CC(c2ncc(C)o2)=C3)cn1. The molecule has 39 heavy (non-hydrogen) atoms. The van der Waals surface area contributed by atoms with Crippen LogP contribution in [0.2, 0.25) is 0 Å². The molecule has 3 heterocycles. The van der Waals surface area contributed by atoms with Gasteiger partial charge in [-0.25, -0.2) is 4.98 Å². The molecular formula is C30H32N4O5. The first kappa shape index (κ1) is 26.4. The molecule has 1 aliphatic heterocycles. The Bertz CT molecular complexity index is 1450. The van der Waals surface area contributed by atoms with E-state index in [2.05, 4.69) is 10.1 Å². The molecule has 0 spiro atoms. The lowest BCUT2D eigenvalue weighted by Crippen LogP contribution is -2.30. The van der Waals surface area contributed by atoms with Crippen molar-refractivity contribution < 1.29 is 23.4 Å². The topological polar surface area (TPSA) is 91.8 Å². The van der Waals surface area contributed by atoms with Crippen molar-refractivity contribution in [3.63, 3.8) is 0 Å². The summed E-state index contributed by atoms with van der Waals surface area (Å²) in [6, 6.07) is 13.9. The highest BCUT2D eigenvalue weighted by atomic mass is 16.5. The minimum atomic E-state index is -0.0345. The van der Waals surface area contributed by atoms with Crippen molar-refractivity contribution in [2.45, 2.75) is 26.4 Å². The number of nitrogens with zero attached hydrogens (tertiary/aromatic N) is 4. The second-order valence-electron chi connectivity index (χ2n) is 9.32. The van der Waals surface area contributed by atoms with Crippen molar-refractivity contribution in [3.8, 4) is 16.9 Å². The molecule has 0 saturated carbocycles. The molecular weight excluding hydrogens is 496 g/mol. The summed E-state index contributed by atoms with van der Waals surface area (Å²) < 4.78 is 23.5. The number of hydrogen-bond donors (Lipinski definition) is 0. The van der Waals surface area contributed by atoms with Crippen molar-refractivity contribution in [3.05, 3.63) is 83.8 Å². The zero-order valence-corrected chi connectivity index (χ0v) is 22.4. The van der Waals surface area contributed by atoms with E-state index in [4.69, 9.17) is 18.6 Å². The van der Waals surface area contributed by atoms with Gasteiger partial charge >= 0.3 is 0 Å². The Morgan fingerprint density at radius 1 is 1.00 bits per heavy atom. The van der Waals surface area contributed by atoms with Crippen LogP contribution in [-0.4, -0.2) is 54.7 Å². The average molecular weight is 529 g/mol. The van der Waals surface area contributed by atoms with Gasteiger partial charge in [0.2, 0.25) is 11.8 Å². The third-order valence-electron chi connectivity index (χ3n) is 6.55. The molecule has 202 valence electrons. The maximum atomic E-state index is 13.7. The molecule has 4 aromatic rings. The van der Waals surface area contributed by atoms with E-state index in [1.165, 1.54) is 0 Å². The molecule has 0 fully saturated rings. The first-order chi connectivity index (χ1) is 19.0. The van der Waals surface area contributed by atoms with Crippen LogP contribution in [0, 0.1) is 6.92 Å². The molecule has 5 rings (SSSR count). The summed E-state index contributed by atoms with van der Waals surface area (Å²) in [5.41, 5.74) is 5.42. The van der Waals surface area contributed by atoms with E-state index in [0.29, 0.717) is 44.6 Å². The normalized spacial score (nSPS) is 13.3. The number of aryl methyl sites for hydroxylation is 1. The van der Waals surface area contributed by atoms with Gasteiger partial charge in [-0.05, 0) is 47.9 Å². The van der Waals surface area contributed by atoms with E-state index >= 15 is 0 Å². The number of oxazole rings is 1. The maximum Gasteiger partial charge on any atom is 0.231 e. The molecule has 0 N–H and O–H groups in total. The molecule has 2 aromatic heterocycles. The van der Waals surface area contributed by atoms with E-state index in [1.54, 1.807) is 20.4 Å². The van der Waals surface area contributed by atoms with Crippen molar-refractivity contribution in [2.75, 3.05) is 38.9 Å². The van der Waals surface area contributed by atoms with E-state index in [9.17, 15) is 4.79 Å². The van der Waals surface area contributed by atoms with Crippen LogP contribution in [0.5, 0.6) is 5.75 Å². The Morgan fingerprint density at radius 2 is 1.85 bits per heavy atom. The van der Waals surface area contributed by atoms with Gasteiger partial charge in [-0.15, -0.1) is 0 Å². The number of ether oxygens (including phenoxy) is 3. The number of benzene rings is 2. The highest BCUT2D eigenvalue weighted by molar-refractivity contribution is 6.06. The van der Waals surface area contributed by atoms with E-state index in [-0.39, 0.29) is 12.3 Å². The van der Waals surface area contributed by atoms with Crippen molar-refractivity contribution in [1.82, 2.24) is 14.8 Å². The monoisotopic (exact) mass is 528 g/mol. The van der Waals surface area contributed by atoms with Crippen molar-refractivity contribution in [2.24, 2.45) is 0 Å². The summed E-state index contributed by atoms with van der Waals surface area (Å²) in [5.74, 6) is 1.91. The Labute approximate surface area is 227 Å². The Morgan fingerprint density at radius 3 is 2.59 bits per heavy atom. The molecule has 1 amide bonds. The van der Waals surface area contributed by atoms with Gasteiger partial charge in [-0.1, -0.05) is 24.3 Å². The largest absolute Gasteiger partial charge is 0.497 e. The highest BCUT2D eigenvalue weighted by Gasteiger charge is 2.26. The molecule has 9 nitrogen and oxygen atoms in total. The van der Waals surface area contributed by atoms with E-state index in [1.807, 2.05) is 77.4 Å². The van der Waals surface area contributed by atoms with E-state index < -0.39 is 0 Å². The van der Waals surface area contributed by atoms with Gasteiger partial charge in [0.1, 0.15) is 11.5 Å². The van der Waals surface area contributed by atoms with Crippen LogP contribution in [0.15, 0.2) is 65.5 Å². The molecule has 0 aliphatic carbocycles. The van der Waals surface area contributed by atoms with Gasteiger partial charge in [0.25, 0.3) is 0 Å². The number of amides is 1. The average Bonchev–Trinajstić information content (AvgIpc) is 3.58. The highest BCUT2D eigenvalue weighted by Crippen LogP contribution is 2.36. The number of rotatable bonds is 11. The molecule has 1 aliphatic rings. The van der Waals surface area contributed by atoms with Gasteiger partial charge in [0.15, 0.2) is 0 Å². The molecule has 0 radical (unpaired) electrons. The summed E-state index contributed by atoms with van der Waals surface area (Å²) in [7, 11) is 3.29. The molecule has 0 unspecified atom stereocenters. The van der Waals surface area contributed by atoms with Crippen LogP contribution in [0.25, 0.3) is 22.8 Å². The second kappa shape index (κ2) is 12.1.